The van der Waals surface area contributed by atoms with E-state index in [9.17, 15) is 0 Å². The van der Waals surface area contributed by atoms with Gasteiger partial charge in [-0.3, -0.25) is 0 Å². The van der Waals surface area contributed by atoms with Crippen LogP contribution < -0.4 is 0 Å². The van der Waals surface area contributed by atoms with Crippen molar-refractivity contribution in [2.24, 2.45) is 0 Å². The van der Waals surface area contributed by atoms with Crippen LogP contribution in [0.3, 0.4) is 0 Å². The number of rotatable bonds is 24. The highest BCUT2D eigenvalue weighted by atomic mass is 16.5. The molecule has 0 aromatic carbocycles. The lowest BCUT2D eigenvalue weighted by Gasteiger charge is -2.27. The lowest BCUT2D eigenvalue weighted by molar-refractivity contribution is -0.0619. The van der Waals surface area contributed by atoms with Gasteiger partial charge in [0.25, 0.3) is 0 Å². The van der Waals surface area contributed by atoms with Gasteiger partial charge in [0.15, 0.2) is 0 Å². The molecule has 2 heteroatoms. The fourth-order valence-electron chi connectivity index (χ4n) is 5.15. The molecule has 0 saturated carbocycles. The van der Waals surface area contributed by atoms with Crippen molar-refractivity contribution >= 4 is 0 Å². The van der Waals surface area contributed by atoms with Gasteiger partial charge in [0, 0.05) is 0 Å². The SMILES string of the molecule is CC(C)OC(C)(C)CCCCCCCCCCCCCCCCCCCC(C)(C)OC(C)C. The molecule has 0 unspecified atom stereocenters. The first kappa shape index (κ1) is 32.9. The summed E-state index contributed by atoms with van der Waals surface area (Å²) in [4.78, 5) is 0. The van der Waals surface area contributed by atoms with E-state index < -0.39 is 0 Å². The van der Waals surface area contributed by atoms with E-state index >= 15 is 0 Å². The van der Waals surface area contributed by atoms with Crippen LogP contribution >= 0.6 is 0 Å². The molecule has 0 fully saturated rings. The minimum absolute atomic E-state index is 0.0499. The molecule has 0 spiro atoms. The van der Waals surface area contributed by atoms with Gasteiger partial charge in [0.2, 0.25) is 0 Å². The molecule has 0 N–H and O–H groups in total. The molecule has 0 radical (unpaired) electrons. The van der Waals surface area contributed by atoms with Gasteiger partial charge in [0.1, 0.15) is 0 Å². The highest BCUT2D eigenvalue weighted by Crippen LogP contribution is 2.22. The smallest absolute Gasteiger partial charge is 0.0630 e. The van der Waals surface area contributed by atoms with Crippen LogP contribution in [0, 0.1) is 0 Å². The molecule has 0 bridgehead atoms. The minimum atomic E-state index is 0.0499. The third-order valence-electron chi connectivity index (χ3n) is 6.67. The highest BCUT2D eigenvalue weighted by molar-refractivity contribution is 4.70. The molecular formula is C31H64O2. The molecule has 0 aromatic rings. The molecule has 200 valence electrons. The largest absolute Gasteiger partial charge is 0.373 e. The second-order valence-electron chi connectivity index (χ2n) is 12.4. The summed E-state index contributed by atoms with van der Waals surface area (Å²) < 4.78 is 12.0. The number of unbranched alkanes of at least 4 members (excludes halogenated alkanes) is 16. The summed E-state index contributed by atoms with van der Waals surface area (Å²) in [6.07, 6.45) is 27.1. The van der Waals surface area contributed by atoms with Crippen molar-refractivity contribution in [3.8, 4) is 0 Å². The molecule has 0 saturated heterocycles. The van der Waals surface area contributed by atoms with Gasteiger partial charge in [-0.1, -0.05) is 109 Å². The Kier molecular flexibility index (Phi) is 20.1. The molecular weight excluding hydrogens is 404 g/mol. The van der Waals surface area contributed by atoms with Gasteiger partial charge in [-0.25, -0.2) is 0 Å². The summed E-state index contributed by atoms with van der Waals surface area (Å²) in [5.41, 5.74) is 0.0999. The Morgan fingerprint density at radius 1 is 0.364 bits per heavy atom. The first-order valence-electron chi connectivity index (χ1n) is 14.9. The summed E-state index contributed by atoms with van der Waals surface area (Å²) in [5, 5.41) is 0. The van der Waals surface area contributed by atoms with Crippen LogP contribution in [0.25, 0.3) is 0 Å². The maximum atomic E-state index is 5.99. The van der Waals surface area contributed by atoms with E-state index in [2.05, 4.69) is 55.4 Å². The summed E-state index contributed by atoms with van der Waals surface area (Å²) in [7, 11) is 0. The van der Waals surface area contributed by atoms with Crippen LogP contribution in [0.4, 0.5) is 0 Å². The van der Waals surface area contributed by atoms with Crippen LogP contribution in [-0.4, -0.2) is 23.4 Å². The average Bonchev–Trinajstić information content (AvgIpc) is 2.67. The van der Waals surface area contributed by atoms with Crippen LogP contribution in [0.5, 0.6) is 0 Å². The van der Waals surface area contributed by atoms with E-state index in [1.165, 1.54) is 122 Å². The topological polar surface area (TPSA) is 18.5 Å². The minimum Gasteiger partial charge on any atom is -0.373 e. The Hall–Kier alpha value is -0.0800. The molecule has 0 atom stereocenters. The first-order chi connectivity index (χ1) is 15.5. The molecule has 0 rings (SSSR count). The number of hydrogen-bond acceptors (Lipinski definition) is 2. The average molecular weight is 469 g/mol. The Bertz CT molecular complexity index is 373. The van der Waals surface area contributed by atoms with E-state index in [-0.39, 0.29) is 11.2 Å². The molecule has 0 amide bonds. The maximum Gasteiger partial charge on any atom is 0.0630 e. The van der Waals surface area contributed by atoms with Crippen molar-refractivity contribution < 1.29 is 9.47 Å². The zero-order valence-corrected chi connectivity index (χ0v) is 24.4. The third kappa shape index (κ3) is 24.8. The van der Waals surface area contributed by atoms with Crippen LogP contribution in [-0.2, 0) is 9.47 Å². The van der Waals surface area contributed by atoms with E-state index in [0.29, 0.717) is 12.2 Å². The fraction of sp³-hybridized carbons (Fsp3) is 1.00. The summed E-state index contributed by atoms with van der Waals surface area (Å²) in [6.45, 7) is 17.5. The predicted molar refractivity (Wildman–Crippen MR) is 148 cm³/mol. The van der Waals surface area contributed by atoms with Crippen molar-refractivity contribution in [1.29, 1.82) is 0 Å². The van der Waals surface area contributed by atoms with Crippen molar-refractivity contribution in [2.75, 3.05) is 0 Å². The molecule has 33 heavy (non-hydrogen) atoms. The Morgan fingerprint density at radius 3 is 0.727 bits per heavy atom. The van der Waals surface area contributed by atoms with Crippen LogP contribution in [0.2, 0.25) is 0 Å². The second kappa shape index (κ2) is 20.1. The van der Waals surface area contributed by atoms with E-state index in [1.807, 2.05) is 0 Å². The van der Waals surface area contributed by atoms with Gasteiger partial charge in [-0.15, -0.1) is 0 Å². The summed E-state index contributed by atoms with van der Waals surface area (Å²) in [6, 6.07) is 0. The van der Waals surface area contributed by atoms with Gasteiger partial charge in [0.05, 0.1) is 23.4 Å². The second-order valence-corrected chi connectivity index (χ2v) is 12.4. The molecule has 0 aliphatic rings. The monoisotopic (exact) mass is 468 g/mol. The number of ether oxygens (including phenoxy) is 2. The van der Waals surface area contributed by atoms with Gasteiger partial charge < -0.3 is 9.47 Å². The Balaban J connectivity index is 3.26. The zero-order chi connectivity index (χ0) is 25.0. The quantitative estimate of drug-likeness (QED) is 0.131. The van der Waals surface area contributed by atoms with Crippen molar-refractivity contribution in [3.05, 3.63) is 0 Å². The van der Waals surface area contributed by atoms with Gasteiger partial charge >= 0.3 is 0 Å². The van der Waals surface area contributed by atoms with E-state index in [4.69, 9.17) is 9.47 Å². The number of hydrogen-bond donors (Lipinski definition) is 0. The van der Waals surface area contributed by atoms with Crippen molar-refractivity contribution in [3.63, 3.8) is 0 Å². The molecule has 0 aliphatic heterocycles. The standard InChI is InChI=1S/C31H64O2/c1-28(2)32-30(5,6)26-24-22-20-18-16-14-12-10-9-11-13-15-17-19-21-23-25-27-31(7,8)33-29(3)4/h28-29H,9-27H2,1-8H3. The van der Waals surface area contributed by atoms with Gasteiger partial charge in [-0.2, -0.15) is 0 Å². The molecule has 0 heterocycles. The van der Waals surface area contributed by atoms with Crippen LogP contribution in [0.1, 0.15) is 177 Å². The lowest BCUT2D eigenvalue weighted by atomic mass is 9.98. The maximum absolute atomic E-state index is 5.99. The summed E-state index contributed by atoms with van der Waals surface area (Å²) in [5.74, 6) is 0. The zero-order valence-electron chi connectivity index (χ0n) is 24.4. The lowest BCUT2D eigenvalue weighted by Crippen LogP contribution is -2.27. The normalized spacial score (nSPS) is 12.9. The van der Waals surface area contributed by atoms with E-state index in [1.54, 1.807) is 0 Å². The molecule has 0 aromatic heterocycles. The Morgan fingerprint density at radius 2 is 0.545 bits per heavy atom. The fourth-order valence-corrected chi connectivity index (χ4v) is 5.15. The van der Waals surface area contributed by atoms with Crippen LogP contribution in [0.15, 0.2) is 0 Å². The van der Waals surface area contributed by atoms with E-state index in [0.717, 1.165) is 0 Å². The van der Waals surface area contributed by atoms with Crippen molar-refractivity contribution in [1.82, 2.24) is 0 Å². The Labute approximate surface area is 210 Å². The highest BCUT2D eigenvalue weighted by Gasteiger charge is 2.19. The summed E-state index contributed by atoms with van der Waals surface area (Å²) >= 11 is 0. The predicted octanol–water partition coefficient (Wildman–Crippen LogP) is 10.8. The van der Waals surface area contributed by atoms with Crippen molar-refractivity contribution in [2.45, 2.75) is 201 Å². The molecule has 0 aliphatic carbocycles. The third-order valence-corrected chi connectivity index (χ3v) is 6.67. The first-order valence-corrected chi connectivity index (χ1v) is 14.9. The van der Waals surface area contributed by atoms with Gasteiger partial charge in [-0.05, 0) is 68.2 Å². The molecule has 2 nitrogen and oxygen atoms in total.